The van der Waals surface area contributed by atoms with Crippen LogP contribution < -0.4 is 4.90 Å². The molecule has 2 saturated heterocycles. The molecule has 2 heterocycles. The molecule has 6 nitrogen and oxygen atoms in total. The molecule has 1 unspecified atom stereocenters. The summed E-state index contributed by atoms with van der Waals surface area (Å²) in [7, 11) is 3.38. The largest absolute Gasteiger partial charge is 0.366 e. The second-order valence-electron chi connectivity index (χ2n) is 6.48. The van der Waals surface area contributed by atoms with Gasteiger partial charge in [-0.15, -0.1) is 0 Å². The van der Waals surface area contributed by atoms with Gasteiger partial charge in [-0.25, -0.2) is 4.39 Å². The maximum atomic E-state index is 13.7. The molecule has 0 N–H and O–H groups in total. The molecule has 126 valence electrons. The molecule has 0 saturated carbocycles. The number of carbonyl (C=O) groups excluding carboxylic acids is 2. The first-order valence-corrected chi connectivity index (χ1v) is 7.86. The van der Waals surface area contributed by atoms with Gasteiger partial charge in [-0.1, -0.05) is 6.07 Å². The molecule has 2 fully saturated rings. The van der Waals surface area contributed by atoms with Gasteiger partial charge >= 0.3 is 0 Å². The van der Waals surface area contributed by atoms with Crippen LogP contribution in [-0.4, -0.2) is 61.4 Å². The second kappa shape index (κ2) is 6.11. The van der Waals surface area contributed by atoms with E-state index in [-0.39, 0.29) is 35.8 Å². The zero-order valence-corrected chi connectivity index (χ0v) is 13.7. The Hall–Kier alpha value is -2.62. The van der Waals surface area contributed by atoms with Crippen LogP contribution in [0.5, 0.6) is 0 Å². The van der Waals surface area contributed by atoms with Gasteiger partial charge in [0.2, 0.25) is 11.8 Å². The zero-order valence-electron chi connectivity index (χ0n) is 13.7. The number of carbonyl (C=O) groups is 2. The molecule has 0 aliphatic carbocycles. The summed E-state index contributed by atoms with van der Waals surface area (Å²) in [6.45, 7) is 1.53. The van der Waals surface area contributed by atoms with E-state index in [0.29, 0.717) is 25.3 Å². The van der Waals surface area contributed by atoms with Crippen molar-refractivity contribution in [1.29, 1.82) is 5.26 Å². The van der Waals surface area contributed by atoms with Crippen molar-refractivity contribution in [2.75, 3.05) is 38.6 Å². The normalized spacial score (nSPS) is 20.8. The molecular weight excluding hydrogens is 311 g/mol. The Bertz CT molecular complexity index is 722. The van der Waals surface area contributed by atoms with Gasteiger partial charge in [-0.05, 0) is 12.1 Å². The number of amides is 2. The highest BCUT2D eigenvalue weighted by Crippen LogP contribution is 2.31. The quantitative estimate of drug-likeness (QED) is 0.823. The number of anilines is 1. The average Bonchev–Trinajstić information content (AvgIpc) is 2.87. The third-order valence-corrected chi connectivity index (χ3v) is 4.70. The van der Waals surface area contributed by atoms with Crippen molar-refractivity contribution >= 4 is 17.5 Å². The molecule has 7 heteroatoms. The van der Waals surface area contributed by atoms with Gasteiger partial charge in [0.25, 0.3) is 0 Å². The minimum absolute atomic E-state index is 0.00673. The molecule has 2 aliphatic heterocycles. The standard InChI is InChI=1S/C17H19FN4O2/c1-20(2)17(24)11-6-16(23)22(8-11)12-9-21(10-12)15-5-3-4-14(18)13(15)7-19/h3-5,11-12H,6,8-10H2,1-2H3. The van der Waals surface area contributed by atoms with Crippen molar-refractivity contribution < 1.29 is 14.0 Å². The molecular formula is C17H19FN4O2. The first-order valence-electron chi connectivity index (χ1n) is 7.86. The summed E-state index contributed by atoms with van der Waals surface area (Å²) in [5, 5.41) is 9.11. The topological polar surface area (TPSA) is 67.7 Å². The number of nitrogens with zero attached hydrogens (tertiary/aromatic N) is 4. The maximum Gasteiger partial charge on any atom is 0.227 e. The molecule has 0 aromatic heterocycles. The molecule has 0 spiro atoms. The molecule has 2 aliphatic rings. The summed E-state index contributed by atoms with van der Waals surface area (Å²) in [6.07, 6.45) is 0.247. The van der Waals surface area contributed by atoms with Crippen LogP contribution >= 0.6 is 0 Å². The van der Waals surface area contributed by atoms with Crippen molar-refractivity contribution in [2.45, 2.75) is 12.5 Å². The molecule has 0 radical (unpaired) electrons. The smallest absolute Gasteiger partial charge is 0.227 e. The average molecular weight is 330 g/mol. The number of benzene rings is 1. The van der Waals surface area contributed by atoms with Crippen molar-refractivity contribution in [1.82, 2.24) is 9.80 Å². The van der Waals surface area contributed by atoms with Crippen LogP contribution in [0.3, 0.4) is 0 Å². The zero-order chi connectivity index (χ0) is 17.4. The number of rotatable bonds is 3. The maximum absolute atomic E-state index is 13.7. The van der Waals surface area contributed by atoms with Crippen molar-refractivity contribution in [2.24, 2.45) is 5.92 Å². The van der Waals surface area contributed by atoms with Crippen molar-refractivity contribution in [3.63, 3.8) is 0 Å². The highest BCUT2D eigenvalue weighted by Gasteiger charge is 2.43. The minimum Gasteiger partial charge on any atom is -0.366 e. The minimum atomic E-state index is -0.535. The number of hydrogen-bond acceptors (Lipinski definition) is 4. The van der Waals surface area contributed by atoms with E-state index in [9.17, 15) is 14.0 Å². The lowest BCUT2D eigenvalue weighted by atomic mass is 10.0. The van der Waals surface area contributed by atoms with E-state index in [1.807, 2.05) is 11.0 Å². The van der Waals surface area contributed by atoms with Gasteiger partial charge in [-0.3, -0.25) is 9.59 Å². The predicted octanol–water partition coefficient (Wildman–Crippen LogP) is 0.823. The first kappa shape index (κ1) is 16.2. The Labute approximate surface area is 140 Å². The third kappa shape index (κ3) is 2.68. The molecule has 1 atom stereocenters. The SMILES string of the molecule is CN(C)C(=O)C1CC(=O)N(C2CN(c3cccc(F)c3C#N)C2)C1. The number of likely N-dealkylation sites (tertiary alicyclic amines) is 1. The number of nitriles is 1. The molecule has 0 bridgehead atoms. The van der Waals surface area contributed by atoms with Gasteiger partial charge in [0.1, 0.15) is 17.4 Å². The first-order chi connectivity index (χ1) is 11.4. The Balaban J connectivity index is 1.66. The van der Waals surface area contributed by atoms with Gasteiger partial charge in [0.15, 0.2) is 0 Å². The van der Waals surface area contributed by atoms with Crippen molar-refractivity contribution in [3.05, 3.63) is 29.6 Å². The van der Waals surface area contributed by atoms with Gasteiger partial charge < -0.3 is 14.7 Å². The summed E-state index contributed by atoms with van der Waals surface area (Å²) in [6, 6.07) is 6.45. The van der Waals surface area contributed by atoms with Gasteiger partial charge in [0, 0.05) is 40.2 Å². The van der Waals surface area contributed by atoms with Gasteiger partial charge in [0.05, 0.1) is 17.6 Å². The van der Waals surface area contributed by atoms with E-state index in [2.05, 4.69) is 0 Å². The van der Waals surface area contributed by atoms with E-state index in [1.165, 1.54) is 11.0 Å². The highest BCUT2D eigenvalue weighted by atomic mass is 19.1. The second-order valence-corrected chi connectivity index (χ2v) is 6.48. The van der Waals surface area contributed by atoms with Crippen LogP contribution in [0.4, 0.5) is 10.1 Å². The number of halogens is 1. The summed E-state index contributed by atoms with van der Waals surface area (Å²) >= 11 is 0. The van der Waals surface area contributed by atoms with E-state index in [0.717, 1.165) is 0 Å². The fraction of sp³-hybridized carbons (Fsp3) is 0.471. The van der Waals surface area contributed by atoms with Crippen LogP contribution in [0.1, 0.15) is 12.0 Å². The summed E-state index contributed by atoms with van der Waals surface area (Å²) < 4.78 is 13.7. The van der Waals surface area contributed by atoms with Crippen LogP contribution in [0.25, 0.3) is 0 Å². The van der Waals surface area contributed by atoms with E-state index in [4.69, 9.17) is 5.26 Å². The van der Waals surface area contributed by atoms with Crippen LogP contribution in [0, 0.1) is 23.1 Å². The molecule has 1 aromatic rings. The summed E-state index contributed by atoms with van der Waals surface area (Å²) in [5.41, 5.74) is 0.589. The van der Waals surface area contributed by atoms with Crippen LogP contribution in [0.15, 0.2) is 18.2 Å². The van der Waals surface area contributed by atoms with Crippen LogP contribution in [-0.2, 0) is 9.59 Å². The Morgan fingerprint density at radius 2 is 2.04 bits per heavy atom. The summed E-state index contributed by atoms with van der Waals surface area (Å²) in [5.74, 6) is -0.865. The monoisotopic (exact) mass is 330 g/mol. The van der Waals surface area contributed by atoms with Crippen LogP contribution in [0.2, 0.25) is 0 Å². The third-order valence-electron chi connectivity index (χ3n) is 4.70. The molecule has 24 heavy (non-hydrogen) atoms. The fourth-order valence-electron chi connectivity index (χ4n) is 3.35. The molecule has 1 aromatic carbocycles. The Morgan fingerprint density at radius 1 is 1.33 bits per heavy atom. The fourth-order valence-corrected chi connectivity index (χ4v) is 3.35. The molecule has 2 amide bonds. The van der Waals surface area contributed by atoms with Gasteiger partial charge in [-0.2, -0.15) is 5.26 Å². The van der Waals surface area contributed by atoms with Crippen molar-refractivity contribution in [3.8, 4) is 6.07 Å². The summed E-state index contributed by atoms with van der Waals surface area (Å²) in [4.78, 5) is 29.4. The lowest BCUT2D eigenvalue weighted by Gasteiger charge is -2.45. The lowest BCUT2D eigenvalue weighted by molar-refractivity contribution is -0.133. The number of hydrogen-bond donors (Lipinski definition) is 0. The Kier molecular flexibility index (Phi) is 4.14. The predicted molar refractivity (Wildman–Crippen MR) is 85.6 cm³/mol. The van der Waals surface area contributed by atoms with E-state index in [1.54, 1.807) is 31.1 Å². The lowest BCUT2D eigenvalue weighted by Crippen LogP contribution is -2.60. The Morgan fingerprint density at radius 3 is 2.67 bits per heavy atom. The highest BCUT2D eigenvalue weighted by molar-refractivity contribution is 5.89. The molecule has 3 rings (SSSR count). The van der Waals surface area contributed by atoms with E-state index < -0.39 is 5.82 Å². The van der Waals surface area contributed by atoms with E-state index >= 15 is 0 Å².